The molecule has 0 atom stereocenters. The van der Waals surface area contributed by atoms with E-state index in [0.717, 1.165) is 13.0 Å². The number of methoxy groups -OCH3 is 1. The summed E-state index contributed by atoms with van der Waals surface area (Å²) in [5, 5.41) is 0. The van der Waals surface area contributed by atoms with Crippen LogP contribution in [0.5, 0.6) is 0 Å². The van der Waals surface area contributed by atoms with Crippen LogP contribution < -0.4 is 0 Å². The quantitative estimate of drug-likeness (QED) is 0.442. The van der Waals surface area contributed by atoms with Crippen LogP contribution in [0.1, 0.15) is 52.4 Å². The summed E-state index contributed by atoms with van der Waals surface area (Å²) in [5.41, 5.74) is 1.58. The molecule has 2 heteroatoms. The Morgan fingerprint density at radius 2 is 1.94 bits per heavy atom. The van der Waals surface area contributed by atoms with Gasteiger partial charge in [-0.25, -0.2) is 0 Å². The fourth-order valence-corrected chi connectivity index (χ4v) is 1.86. The maximum atomic E-state index is 5.62. The van der Waals surface area contributed by atoms with Gasteiger partial charge in [0, 0.05) is 13.7 Å². The molecule has 0 unspecified atom stereocenters. The van der Waals surface area contributed by atoms with Crippen LogP contribution >= 0.6 is 0 Å². The molecule has 0 heterocycles. The van der Waals surface area contributed by atoms with E-state index in [0.29, 0.717) is 0 Å². The lowest BCUT2D eigenvalue weighted by molar-refractivity contribution is -0.197. The Hall–Kier alpha value is -0.600. The first-order valence-electron chi connectivity index (χ1n) is 6.68. The molecule has 2 nitrogen and oxygen atoms in total. The predicted octanol–water partition coefficient (Wildman–Crippen LogP) is 4.22. The summed E-state index contributed by atoms with van der Waals surface area (Å²) in [7, 11) is 1.68. The first-order valence-corrected chi connectivity index (χ1v) is 6.68. The van der Waals surface area contributed by atoms with Crippen LogP contribution in [-0.4, -0.2) is 19.5 Å². The third-order valence-corrected chi connectivity index (χ3v) is 3.18. The minimum atomic E-state index is -0.430. The molecule has 17 heavy (non-hydrogen) atoms. The second-order valence-electron chi connectivity index (χ2n) is 5.07. The third-order valence-electron chi connectivity index (χ3n) is 3.18. The molecular formula is C15H26O2. The monoisotopic (exact) mass is 238 g/mol. The zero-order valence-electron chi connectivity index (χ0n) is 11.5. The number of unbranched alkanes of at least 4 members (excludes halogenated alkanes) is 3. The Kier molecular flexibility index (Phi) is 6.53. The van der Waals surface area contributed by atoms with E-state index < -0.39 is 5.79 Å². The highest BCUT2D eigenvalue weighted by atomic mass is 16.7. The van der Waals surface area contributed by atoms with Crippen LogP contribution in [0.2, 0.25) is 0 Å². The zero-order chi connectivity index (χ0) is 12.6. The van der Waals surface area contributed by atoms with E-state index in [-0.39, 0.29) is 0 Å². The van der Waals surface area contributed by atoms with Gasteiger partial charge in [0.1, 0.15) is 0 Å². The highest BCUT2D eigenvalue weighted by Gasteiger charge is 2.15. The van der Waals surface area contributed by atoms with Crippen LogP contribution in [0.25, 0.3) is 0 Å². The topological polar surface area (TPSA) is 18.5 Å². The van der Waals surface area contributed by atoms with Gasteiger partial charge in [-0.15, -0.1) is 0 Å². The van der Waals surface area contributed by atoms with Gasteiger partial charge < -0.3 is 9.47 Å². The van der Waals surface area contributed by atoms with Crippen molar-refractivity contribution in [2.45, 2.75) is 58.2 Å². The van der Waals surface area contributed by atoms with Crippen molar-refractivity contribution >= 4 is 0 Å². The van der Waals surface area contributed by atoms with E-state index in [4.69, 9.17) is 9.47 Å². The minimum Gasteiger partial charge on any atom is -0.354 e. The molecule has 0 spiro atoms. The second kappa shape index (κ2) is 7.67. The summed E-state index contributed by atoms with van der Waals surface area (Å²) in [6.45, 7) is 4.70. The predicted molar refractivity (Wildman–Crippen MR) is 72.0 cm³/mol. The van der Waals surface area contributed by atoms with Gasteiger partial charge >= 0.3 is 0 Å². The van der Waals surface area contributed by atoms with Crippen molar-refractivity contribution in [2.24, 2.45) is 0 Å². The molecule has 0 fully saturated rings. The minimum absolute atomic E-state index is 0.430. The van der Waals surface area contributed by atoms with Crippen molar-refractivity contribution in [2.75, 3.05) is 13.7 Å². The molecule has 0 N–H and O–H groups in total. The summed E-state index contributed by atoms with van der Waals surface area (Å²) >= 11 is 0. The van der Waals surface area contributed by atoms with Crippen molar-refractivity contribution in [3.8, 4) is 0 Å². The van der Waals surface area contributed by atoms with Gasteiger partial charge in [0.2, 0.25) is 0 Å². The standard InChI is InChI=1S/C15H26O2/c1-15(2,16-3)17-13-9-5-4-6-10-14-11-7-8-12-14/h7-8,11H,4-6,9-10,12-13H2,1-3H3. The van der Waals surface area contributed by atoms with E-state index in [1.165, 1.54) is 32.1 Å². The average molecular weight is 238 g/mol. The van der Waals surface area contributed by atoms with E-state index in [1.807, 2.05) is 13.8 Å². The highest BCUT2D eigenvalue weighted by Crippen LogP contribution is 2.18. The summed E-state index contributed by atoms with van der Waals surface area (Å²) < 4.78 is 10.8. The molecule has 1 rings (SSSR count). The van der Waals surface area contributed by atoms with Crippen molar-refractivity contribution in [1.29, 1.82) is 0 Å². The number of allylic oxidation sites excluding steroid dienone is 4. The molecule has 0 aromatic rings. The molecule has 0 saturated carbocycles. The van der Waals surface area contributed by atoms with Crippen LogP contribution in [0.15, 0.2) is 23.8 Å². The van der Waals surface area contributed by atoms with Crippen LogP contribution in [0, 0.1) is 0 Å². The first-order chi connectivity index (χ1) is 8.14. The van der Waals surface area contributed by atoms with Crippen molar-refractivity contribution in [1.82, 2.24) is 0 Å². The van der Waals surface area contributed by atoms with Gasteiger partial charge in [-0.2, -0.15) is 0 Å². The van der Waals surface area contributed by atoms with Gasteiger partial charge in [-0.1, -0.05) is 36.6 Å². The third kappa shape index (κ3) is 6.64. The van der Waals surface area contributed by atoms with Crippen LogP contribution in [-0.2, 0) is 9.47 Å². The molecule has 0 amide bonds. The molecule has 1 aliphatic carbocycles. The fourth-order valence-electron chi connectivity index (χ4n) is 1.86. The Morgan fingerprint density at radius 3 is 2.59 bits per heavy atom. The van der Waals surface area contributed by atoms with E-state index in [1.54, 1.807) is 12.7 Å². The zero-order valence-corrected chi connectivity index (χ0v) is 11.5. The molecule has 0 radical (unpaired) electrons. The fraction of sp³-hybridized carbons (Fsp3) is 0.733. The highest BCUT2D eigenvalue weighted by molar-refractivity contribution is 5.22. The van der Waals surface area contributed by atoms with Crippen LogP contribution in [0.4, 0.5) is 0 Å². The van der Waals surface area contributed by atoms with E-state index >= 15 is 0 Å². The Labute approximate surface area is 106 Å². The van der Waals surface area contributed by atoms with Gasteiger partial charge in [-0.05, 0) is 39.5 Å². The van der Waals surface area contributed by atoms with E-state index in [2.05, 4.69) is 18.2 Å². The molecule has 1 aliphatic rings. The molecule has 0 aromatic carbocycles. The maximum absolute atomic E-state index is 5.62. The maximum Gasteiger partial charge on any atom is 0.162 e. The largest absolute Gasteiger partial charge is 0.354 e. The normalized spacial score (nSPS) is 15.4. The number of rotatable bonds is 9. The molecular weight excluding hydrogens is 212 g/mol. The molecule has 0 aliphatic heterocycles. The number of hydrogen-bond donors (Lipinski definition) is 0. The molecule has 0 saturated heterocycles. The van der Waals surface area contributed by atoms with Gasteiger partial charge in [0.15, 0.2) is 5.79 Å². The summed E-state index contributed by atoms with van der Waals surface area (Å²) in [6, 6.07) is 0. The van der Waals surface area contributed by atoms with Gasteiger partial charge in [0.05, 0.1) is 0 Å². The van der Waals surface area contributed by atoms with Crippen LogP contribution in [0.3, 0.4) is 0 Å². The van der Waals surface area contributed by atoms with Gasteiger partial charge in [-0.3, -0.25) is 0 Å². The average Bonchev–Trinajstić information content (AvgIpc) is 2.81. The van der Waals surface area contributed by atoms with Gasteiger partial charge in [0.25, 0.3) is 0 Å². The first kappa shape index (κ1) is 14.5. The summed E-state index contributed by atoms with van der Waals surface area (Å²) in [6.07, 6.45) is 14.1. The molecule has 0 aromatic heterocycles. The number of ether oxygens (including phenoxy) is 2. The summed E-state index contributed by atoms with van der Waals surface area (Å²) in [4.78, 5) is 0. The van der Waals surface area contributed by atoms with Crippen molar-refractivity contribution in [3.05, 3.63) is 23.8 Å². The molecule has 98 valence electrons. The second-order valence-corrected chi connectivity index (χ2v) is 5.07. The Bertz CT molecular complexity index is 264. The lowest BCUT2D eigenvalue weighted by Gasteiger charge is -2.23. The van der Waals surface area contributed by atoms with Crippen molar-refractivity contribution in [3.63, 3.8) is 0 Å². The summed E-state index contributed by atoms with van der Waals surface area (Å²) in [5.74, 6) is -0.430. The SMILES string of the molecule is COC(C)(C)OCCCCCCC1=CC=CC1. The Morgan fingerprint density at radius 1 is 1.18 bits per heavy atom. The van der Waals surface area contributed by atoms with Crippen molar-refractivity contribution < 1.29 is 9.47 Å². The Balaban J connectivity index is 1.88. The molecule has 0 bridgehead atoms. The lowest BCUT2D eigenvalue weighted by atomic mass is 10.1. The lowest BCUT2D eigenvalue weighted by Crippen LogP contribution is -2.26. The number of hydrogen-bond acceptors (Lipinski definition) is 2. The van der Waals surface area contributed by atoms with E-state index in [9.17, 15) is 0 Å². The smallest absolute Gasteiger partial charge is 0.162 e.